The monoisotopic (exact) mass is 245 g/mol. The Hall–Kier alpha value is -2.25. The van der Waals surface area contributed by atoms with Crippen molar-refractivity contribution in [2.24, 2.45) is 5.16 Å². The molecule has 5 heteroatoms. The number of rotatable bonds is 2. The highest BCUT2D eigenvalue weighted by Crippen LogP contribution is 2.24. The fourth-order valence-corrected chi connectivity index (χ4v) is 1.67. The molecule has 4 nitrogen and oxygen atoms in total. The van der Waals surface area contributed by atoms with Crippen LogP contribution < -0.4 is 0 Å². The van der Waals surface area contributed by atoms with E-state index in [2.05, 4.69) is 16.2 Å². The number of aromatic nitrogens is 1. The van der Waals surface area contributed by atoms with Gasteiger partial charge in [0, 0.05) is 5.02 Å². The number of H-pyrrole nitrogens is 1. The van der Waals surface area contributed by atoms with E-state index in [0.717, 1.165) is 5.56 Å². The molecule has 0 fully saturated rings. The Morgan fingerprint density at radius 1 is 1.35 bits per heavy atom. The first-order valence-corrected chi connectivity index (χ1v) is 5.19. The minimum atomic E-state index is 0.488. The van der Waals surface area contributed by atoms with E-state index in [1.807, 2.05) is 12.1 Å². The Balaban J connectivity index is 2.51. The third-order valence-electron chi connectivity index (χ3n) is 2.29. The second-order valence-corrected chi connectivity index (χ2v) is 3.81. The summed E-state index contributed by atoms with van der Waals surface area (Å²) in [5.41, 5.74) is 2.58. The summed E-state index contributed by atoms with van der Waals surface area (Å²) in [4.78, 5) is 2.99. The van der Waals surface area contributed by atoms with Crippen LogP contribution in [0.4, 0.5) is 0 Å². The lowest BCUT2D eigenvalue weighted by Crippen LogP contribution is -1.82. The van der Waals surface area contributed by atoms with Crippen molar-refractivity contribution in [3.63, 3.8) is 0 Å². The van der Waals surface area contributed by atoms with E-state index in [1.165, 1.54) is 6.21 Å². The molecule has 0 amide bonds. The molecule has 0 saturated heterocycles. The first-order valence-electron chi connectivity index (χ1n) is 4.81. The van der Waals surface area contributed by atoms with Crippen LogP contribution >= 0.6 is 11.6 Å². The van der Waals surface area contributed by atoms with Gasteiger partial charge in [-0.15, -0.1) is 0 Å². The average Bonchev–Trinajstić information content (AvgIpc) is 2.74. The van der Waals surface area contributed by atoms with E-state index in [9.17, 15) is 0 Å². The van der Waals surface area contributed by atoms with E-state index in [1.54, 1.807) is 18.2 Å². The Morgan fingerprint density at radius 2 is 2.06 bits per heavy atom. The molecule has 0 aliphatic carbocycles. The van der Waals surface area contributed by atoms with Gasteiger partial charge in [0.05, 0.1) is 23.2 Å². The molecule has 0 bridgehead atoms. The number of hydrogen-bond donors (Lipinski definition) is 2. The molecule has 84 valence electrons. The van der Waals surface area contributed by atoms with Gasteiger partial charge in [-0.3, -0.25) is 0 Å². The number of oxime groups is 1. The normalized spacial score (nSPS) is 10.6. The molecule has 1 aromatic heterocycles. The predicted octanol–water partition coefficient (Wildman–Crippen LogP) is 3.01. The standard InChI is InChI=1S/C12H8ClN3O/c13-10-3-1-8(2-4-10)12-9(6-14)5-11(16-12)7-15-17/h1-5,7,16-17H/b15-7+. The topological polar surface area (TPSA) is 72.2 Å². The zero-order valence-corrected chi connectivity index (χ0v) is 9.44. The number of nitrogens with zero attached hydrogens (tertiary/aromatic N) is 2. The van der Waals surface area contributed by atoms with E-state index in [-0.39, 0.29) is 0 Å². The first kappa shape index (κ1) is 11.2. The second-order valence-electron chi connectivity index (χ2n) is 3.38. The van der Waals surface area contributed by atoms with Crippen LogP contribution in [0.1, 0.15) is 11.3 Å². The van der Waals surface area contributed by atoms with Crippen LogP contribution in [0.3, 0.4) is 0 Å². The van der Waals surface area contributed by atoms with Crippen LogP contribution in [0.2, 0.25) is 5.02 Å². The first-order chi connectivity index (χ1) is 8.24. The van der Waals surface area contributed by atoms with Crippen molar-refractivity contribution in [1.82, 2.24) is 4.98 Å². The van der Waals surface area contributed by atoms with Gasteiger partial charge in [-0.2, -0.15) is 5.26 Å². The fourth-order valence-electron chi connectivity index (χ4n) is 1.54. The maximum Gasteiger partial charge on any atom is 0.101 e. The van der Waals surface area contributed by atoms with Crippen LogP contribution in [0.5, 0.6) is 0 Å². The minimum absolute atomic E-state index is 0.488. The Kier molecular flexibility index (Phi) is 3.12. The lowest BCUT2D eigenvalue weighted by molar-refractivity contribution is 0.321. The minimum Gasteiger partial charge on any atom is -0.411 e. The lowest BCUT2D eigenvalue weighted by Gasteiger charge is -1.99. The van der Waals surface area contributed by atoms with Gasteiger partial charge < -0.3 is 10.2 Å². The van der Waals surface area contributed by atoms with Gasteiger partial charge in [0.25, 0.3) is 0 Å². The third-order valence-corrected chi connectivity index (χ3v) is 2.54. The Labute approximate surface area is 103 Å². The van der Waals surface area contributed by atoms with Gasteiger partial charge in [0.15, 0.2) is 0 Å². The zero-order chi connectivity index (χ0) is 12.3. The molecule has 0 saturated carbocycles. The van der Waals surface area contributed by atoms with Gasteiger partial charge in [-0.1, -0.05) is 28.9 Å². The predicted molar refractivity (Wildman–Crippen MR) is 65.3 cm³/mol. The molecule has 0 unspecified atom stereocenters. The highest BCUT2D eigenvalue weighted by atomic mass is 35.5. The molecule has 2 aromatic rings. The van der Waals surface area contributed by atoms with Gasteiger partial charge >= 0.3 is 0 Å². The molecule has 1 aromatic carbocycles. The molecular formula is C12H8ClN3O. The number of aromatic amines is 1. The van der Waals surface area contributed by atoms with E-state index < -0.39 is 0 Å². The highest BCUT2D eigenvalue weighted by molar-refractivity contribution is 6.30. The van der Waals surface area contributed by atoms with Crippen LogP contribution in [0.15, 0.2) is 35.5 Å². The number of benzene rings is 1. The largest absolute Gasteiger partial charge is 0.411 e. The molecule has 2 rings (SSSR count). The molecular weight excluding hydrogens is 238 g/mol. The Morgan fingerprint density at radius 3 is 2.65 bits per heavy atom. The van der Waals surface area contributed by atoms with Crippen LogP contribution in [-0.2, 0) is 0 Å². The molecule has 0 radical (unpaired) electrons. The lowest BCUT2D eigenvalue weighted by atomic mass is 10.1. The van der Waals surface area contributed by atoms with Gasteiger partial charge in [0.2, 0.25) is 0 Å². The average molecular weight is 246 g/mol. The summed E-state index contributed by atoms with van der Waals surface area (Å²) in [6.45, 7) is 0. The van der Waals surface area contributed by atoms with Crippen molar-refractivity contribution in [3.05, 3.63) is 46.6 Å². The molecule has 17 heavy (non-hydrogen) atoms. The Bertz CT molecular complexity index is 593. The molecule has 0 spiro atoms. The third kappa shape index (κ3) is 2.30. The fraction of sp³-hybridized carbons (Fsp3) is 0. The maximum absolute atomic E-state index is 9.01. The van der Waals surface area contributed by atoms with E-state index >= 15 is 0 Å². The van der Waals surface area contributed by atoms with Gasteiger partial charge in [0.1, 0.15) is 6.07 Å². The van der Waals surface area contributed by atoms with Crippen molar-refractivity contribution in [2.75, 3.05) is 0 Å². The summed E-state index contributed by atoms with van der Waals surface area (Å²) in [7, 11) is 0. The molecule has 0 aliphatic heterocycles. The van der Waals surface area contributed by atoms with E-state index in [0.29, 0.717) is 22.0 Å². The number of halogens is 1. The van der Waals surface area contributed by atoms with Crippen molar-refractivity contribution in [1.29, 1.82) is 5.26 Å². The molecule has 0 atom stereocenters. The summed E-state index contributed by atoms with van der Waals surface area (Å²) < 4.78 is 0. The number of hydrogen-bond acceptors (Lipinski definition) is 3. The van der Waals surface area contributed by atoms with Gasteiger partial charge in [-0.05, 0) is 23.8 Å². The molecule has 0 aliphatic rings. The van der Waals surface area contributed by atoms with Crippen molar-refractivity contribution in [3.8, 4) is 17.3 Å². The highest BCUT2D eigenvalue weighted by Gasteiger charge is 2.08. The van der Waals surface area contributed by atoms with Crippen LogP contribution in [0, 0.1) is 11.3 Å². The van der Waals surface area contributed by atoms with Crippen LogP contribution in [-0.4, -0.2) is 16.4 Å². The van der Waals surface area contributed by atoms with Crippen molar-refractivity contribution < 1.29 is 5.21 Å². The van der Waals surface area contributed by atoms with Crippen molar-refractivity contribution >= 4 is 17.8 Å². The zero-order valence-electron chi connectivity index (χ0n) is 8.68. The van der Waals surface area contributed by atoms with Crippen LogP contribution in [0.25, 0.3) is 11.3 Å². The van der Waals surface area contributed by atoms with Crippen molar-refractivity contribution in [2.45, 2.75) is 0 Å². The maximum atomic E-state index is 9.01. The summed E-state index contributed by atoms with van der Waals surface area (Å²) in [5.74, 6) is 0. The number of nitrogens with one attached hydrogen (secondary N) is 1. The molecule has 1 heterocycles. The second kappa shape index (κ2) is 4.73. The van der Waals surface area contributed by atoms with Gasteiger partial charge in [-0.25, -0.2) is 0 Å². The quantitative estimate of drug-likeness (QED) is 0.485. The van der Waals surface area contributed by atoms with E-state index in [4.69, 9.17) is 22.1 Å². The number of nitriles is 1. The summed E-state index contributed by atoms with van der Waals surface area (Å²) in [6.07, 6.45) is 1.24. The smallest absolute Gasteiger partial charge is 0.101 e. The molecule has 2 N–H and O–H groups in total. The SMILES string of the molecule is N#Cc1cc(/C=N/O)[nH]c1-c1ccc(Cl)cc1. The summed E-state index contributed by atoms with van der Waals surface area (Å²) >= 11 is 5.80. The summed E-state index contributed by atoms with van der Waals surface area (Å²) in [6, 6.07) is 10.8. The summed E-state index contributed by atoms with van der Waals surface area (Å²) in [5, 5.41) is 21.0.